The van der Waals surface area contributed by atoms with Crippen LogP contribution in [0.1, 0.15) is 31.2 Å². The minimum Gasteiger partial charge on any atom is -0.344 e. The number of amides is 1. The van der Waals surface area contributed by atoms with Crippen molar-refractivity contribution >= 4 is 18.3 Å². The average molecular weight is 285 g/mol. The molecule has 1 aromatic rings. The Bertz CT molecular complexity index is 356. The van der Waals surface area contributed by atoms with Crippen LogP contribution in [-0.4, -0.2) is 38.0 Å². The summed E-state index contributed by atoms with van der Waals surface area (Å²) < 4.78 is 0. The van der Waals surface area contributed by atoms with Gasteiger partial charge in [-0.2, -0.15) is 0 Å². The number of carbonyl (C=O) groups is 1. The van der Waals surface area contributed by atoms with E-state index in [1.807, 2.05) is 49.3 Å². The second kappa shape index (κ2) is 9.82. The minimum absolute atomic E-state index is 0. The molecule has 1 unspecified atom stereocenters. The van der Waals surface area contributed by atoms with Crippen molar-refractivity contribution in [1.29, 1.82) is 0 Å². The van der Waals surface area contributed by atoms with Crippen LogP contribution in [-0.2, 0) is 4.79 Å². The Morgan fingerprint density at radius 2 is 1.95 bits per heavy atom. The van der Waals surface area contributed by atoms with Crippen LogP contribution in [0, 0.1) is 0 Å². The standard InChI is InChI=1S/C15H24N2O.ClH/c1-4-8-14(13-9-6-5-7-10-13)15(18)17(3)12-11-16-2;/h5-7,9-10,14,16H,4,8,11-12H2,1-3H3;1H. The molecule has 0 saturated heterocycles. The first-order chi connectivity index (χ1) is 8.70. The Labute approximate surface area is 122 Å². The van der Waals surface area contributed by atoms with E-state index in [1.165, 1.54) is 0 Å². The third-order valence-electron chi connectivity index (χ3n) is 3.15. The molecule has 0 aliphatic carbocycles. The number of rotatable bonds is 7. The van der Waals surface area contributed by atoms with Crippen LogP contribution in [0.5, 0.6) is 0 Å². The predicted octanol–water partition coefficient (Wildman–Crippen LogP) is 2.67. The maximum atomic E-state index is 12.4. The summed E-state index contributed by atoms with van der Waals surface area (Å²) in [6.07, 6.45) is 1.93. The molecule has 1 amide bonds. The van der Waals surface area contributed by atoms with Gasteiger partial charge in [0.1, 0.15) is 0 Å². The molecule has 1 aromatic carbocycles. The van der Waals surface area contributed by atoms with E-state index < -0.39 is 0 Å². The fraction of sp³-hybridized carbons (Fsp3) is 0.533. The van der Waals surface area contributed by atoms with Gasteiger partial charge in [-0.25, -0.2) is 0 Å². The molecule has 1 atom stereocenters. The van der Waals surface area contributed by atoms with E-state index in [0.29, 0.717) is 0 Å². The van der Waals surface area contributed by atoms with Crippen molar-refractivity contribution in [2.24, 2.45) is 0 Å². The number of nitrogens with zero attached hydrogens (tertiary/aromatic N) is 1. The SMILES string of the molecule is CCCC(C(=O)N(C)CCNC)c1ccccc1.Cl. The molecule has 0 saturated carbocycles. The molecule has 1 rings (SSSR count). The van der Waals surface area contributed by atoms with E-state index in [4.69, 9.17) is 0 Å². The second-order valence-electron chi connectivity index (χ2n) is 4.62. The zero-order valence-corrected chi connectivity index (χ0v) is 12.9. The summed E-state index contributed by atoms with van der Waals surface area (Å²) in [4.78, 5) is 14.3. The van der Waals surface area contributed by atoms with Gasteiger partial charge in [0.25, 0.3) is 0 Å². The highest BCUT2D eigenvalue weighted by Crippen LogP contribution is 2.23. The van der Waals surface area contributed by atoms with E-state index in [-0.39, 0.29) is 24.2 Å². The highest BCUT2D eigenvalue weighted by molar-refractivity contribution is 5.85. The van der Waals surface area contributed by atoms with Crippen LogP contribution in [0.2, 0.25) is 0 Å². The number of benzene rings is 1. The van der Waals surface area contributed by atoms with E-state index in [1.54, 1.807) is 0 Å². The van der Waals surface area contributed by atoms with Gasteiger partial charge in [-0.05, 0) is 19.0 Å². The smallest absolute Gasteiger partial charge is 0.229 e. The molecule has 0 spiro atoms. The fourth-order valence-corrected chi connectivity index (χ4v) is 2.06. The van der Waals surface area contributed by atoms with Gasteiger partial charge in [0.15, 0.2) is 0 Å². The molecule has 108 valence electrons. The zero-order chi connectivity index (χ0) is 13.4. The normalized spacial score (nSPS) is 11.5. The first-order valence-corrected chi connectivity index (χ1v) is 6.65. The van der Waals surface area contributed by atoms with Crippen molar-refractivity contribution in [2.45, 2.75) is 25.7 Å². The Hall–Kier alpha value is -1.06. The van der Waals surface area contributed by atoms with Gasteiger partial charge in [-0.1, -0.05) is 43.7 Å². The van der Waals surface area contributed by atoms with Gasteiger partial charge in [0.05, 0.1) is 5.92 Å². The molecule has 4 heteroatoms. The summed E-state index contributed by atoms with van der Waals surface area (Å²) in [5.74, 6) is 0.219. The molecular formula is C15H25ClN2O. The lowest BCUT2D eigenvalue weighted by Crippen LogP contribution is -2.36. The fourth-order valence-electron chi connectivity index (χ4n) is 2.06. The molecular weight excluding hydrogens is 260 g/mol. The number of halogens is 1. The van der Waals surface area contributed by atoms with Crippen molar-refractivity contribution in [3.63, 3.8) is 0 Å². The van der Waals surface area contributed by atoms with Crippen LogP contribution in [0.25, 0.3) is 0 Å². The first kappa shape index (κ1) is 17.9. The molecule has 3 nitrogen and oxygen atoms in total. The molecule has 0 aliphatic rings. The summed E-state index contributed by atoms with van der Waals surface area (Å²) >= 11 is 0. The summed E-state index contributed by atoms with van der Waals surface area (Å²) in [7, 11) is 3.78. The number of carbonyl (C=O) groups excluding carboxylic acids is 1. The van der Waals surface area contributed by atoms with Crippen LogP contribution >= 0.6 is 12.4 Å². The van der Waals surface area contributed by atoms with E-state index in [2.05, 4.69) is 12.2 Å². The summed E-state index contributed by atoms with van der Waals surface area (Å²) in [6.45, 7) is 3.70. The van der Waals surface area contributed by atoms with Crippen molar-refractivity contribution in [2.75, 3.05) is 27.2 Å². The lowest BCUT2D eigenvalue weighted by molar-refractivity contribution is -0.131. The number of likely N-dealkylation sites (N-methyl/N-ethyl adjacent to an activating group) is 2. The van der Waals surface area contributed by atoms with E-state index >= 15 is 0 Å². The van der Waals surface area contributed by atoms with Crippen LogP contribution in [0.15, 0.2) is 30.3 Å². The lowest BCUT2D eigenvalue weighted by Gasteiger charge is -2.24. The van der Waals surface area contributed by atoms with Crippen molar-refractivity contribution < 1.29 is 4.79 Å². The van der Waals surface area contributed by atoms with Crippen molar-refractivity contribution in [1.82, 2.24) is 10.2 Å². The summed E-state index contributed by atoms with van der Waals surface area (Å²) in [5, 5.41) is 3.07. The van der Waals surface area contributed by atoms with Crippen LogP contribution in [0.4, 0.5) is 0 Å². The number of hydrogen-bond donors (Lipinski definition) is 1. The molecule has 0 fully saturated rings. The first-order valence-electron chi connectivity index (χ1n) is 6.65. The Kier molecular flexibility index (Phi) is 9.27. The van der Waals surface area contributed by atoms with Crippen LogP contribution < -0.4 is 5.32 Å². The monoisotopic (exact) mass is 284 g/mol. The molecule has 0 heterocycles. The summed E-state index contributed by atoms with van der Waals surface area (Å²) in [5.41, 5.74) is 1.13. The van der Waals surface area contributed by atoms with Crippen molar-refractivity contribution in [3.8, 4) is 0 Å². The number of nitrogens with one attached hydrogen (secondary N) is 1. The van der Waals surface area contributed by atoms with Gasteiger partial charge in [0.2, 0.25) is 5.91 Å². The van der Waals surface area contributed by atoms with Crippen LogP contribution in [0.3, 0.4) is 0 Å². The van der Waals surface area contributed by atoms with Gasteiger partial charge in [-0.15, -0.1) is 12.4 Å². The maximum absolute atomic E-state index is 12.4. The average Bonchev–Trinajstić information content (AvgIpc) is 2.42. The van der Waals surface area contributed by atoms with Gasteiger partial charge < -0.3 is 10.2 Å². The predicted molar refractivity (Wildman–Crippen MR) is 82.9 cm³/mol. The molecule has 0 bridgehead atoms. The highest BCUT2D eigenvalue weighted by atomic mass is 35.5. The van der Waals surface area contributed by atoms with E-state index in [0.717, 1.165) is 31.5 Å². The zero-order valence-electron chi connectivity index (χ0n) is 12.1. The molecule has 0 radical (unpaired) electrons. The Morgan fingerprint density at radius 3 is 2.47 bits per heavy atom. The molecule has 0 aliphatic heterocycles. The third-order valence-corrected chi connectivity index (χ3v) is 3.15. The molecule has 19 heavy (non-hydrogen) atoms. The minimum atomic E-state index is -0.00180. The molecule has 1 N–H and O–H groups in total. The molecule has 0 aromatic heterocycles. The highest BCUT2D eigenvalue weighted by Gasteiger charge is 2.22. The Morgan fingerprint density at radius 1 is 1.32 bits per heavy atom. The summed E-state index contributed by atoms with van der Waals surface area (Å²) in [6, 6.07) is 10.1. The largest absolute Gasteiger partial charge is 0.344 e. The number of hydrogen-bond acceptors (Lipinski definition) is 2. The van der Waals surface area contributed by atoms with Gasteiger partial charge in [-0.3, -0.25) is 4.79 Å². The van der Waals surface area contributed by atoms with Gasteiger partial charge in [0, 0.05) is 20.1 Å². The Balaban J connectivity index is 0.00000324. The van der Waals surface area contributed by atoms with E-state index in [9.17, 15) is 4.79 Å². The topological polar surface area (TPSA) is 32.3 Å². The lowest BCUT2D eigenvalue weighted by atomic mass is 9.93. The maximum Gasteiger partial charge on any atom is 0.229 e. The second-order valence-corrected chi connectivity index (χ2v) is 4.62. The quantitative estimate of drug-likeness (QED) is 0.835. The third kappa shape index (κ3) is 5.62. The van der Waals surface area contributed by atoms with Crippen molar-refractivity contribution in [3.05, 3.63) is 35.9 Å². The van der Waals surface area contributed by atoms with Gasteiger partial charge >= 0.3 is 0 Å².